The molecule has 110 valence electrons. The second kappa shape index (κ2) is 6.65. The van der Waals surface area contributed by atoms with Gasteiger partial charge in [0.2, 0.25) is 5.91 Å². The van der Waals surface area contributed by atoms with E-state index in [2.05, 4.69) is 15.5 Å². The fraction of sp³-hybridized carbons (Fsp3) is 0.286. The Labute approximate surface area is 121 Å². The number of carbonyl (C=O) groups excluding carboxylic acids is 2. The van der Waals surface area contributed by atoms with Crippen LogP contribution in [0.25, 0.3) is 0 Å². The molecule has 1 N–H and O–H groups in total. The summed E-state index contributed by atoms with van der Waals surface area (Å²) in [5, 5.41) is 6.26. The molecule has 7 nitrogen and oxygen atoms in total. The van der Waals surface area contributed by atoms with Crippen LogP contribution in [0.3, 0.4) is 0 Å². The molecule has 2 aromatic heterocycles. The summed E-state index contributed by atoms with van der Waals surface area (Å²) in [5.41, 5.74) is 0.497. The largest absolute Gasteiger partial charge is 0.360 e. The summed E-state index contributed by atoms with van der Waals surface area (Å²) in [7, 11) is 0. The van der Waals surface area contributed by atoms with E-state index in [4.69, 9.17) is 4.52 Å². The molecule has 0 aliphatic rings. The van der Waals surface area contributed by atoms with Crippen molar-refractivity contribution in [3.8, 4) is 0 Å². The van der Waals surface area contributed by atoms with Gasteiger partial charge in [-0.1, -0.05) is 5.16 Å². The van der Waals surface area contributed by atoms with Gasteiger partial charge in [0.25, 0.3) is 5.91 Å². The minimum atomic E-state index is -0.326. The van der Waals surface area contributed by atoms with Crippen LogP contribution in [0.2, 0.25) is 0 Å². The summed E-state index contributed by atoms with van der Waals surface area (Å²) in [4.78, 5) is 29.5. The first-order valence-corrected chi connectivity index (χ1v) is 6.52. The van der Waals surface area contributed by atoms with Gasteiger partial charge in [-0.25, -0.2) is 0 Å². The van der Waals surface area contributed by atoms with Crippen molar-refractivity contribution in [1.29, 1.82) is 0 Å². The number of rotatable bonds is 5. The number of anilines is 1. The van der Waals surface area contributed by atoms with Crippen LogP contribution in [0.5, 0.6) is 0 Å². The second-order valence-electron chi connectivity index (χ2n) is 4.43. The molecular weight excluding hydrogens is 272 g/mol. The van der Waals surface area contributed by atoms with Crippen LogP contribution in [0, 0.1) is 6.92 Å². The molecule has 0 aliphatic carbocycles. The number of likely N-dealkylation sites (N-methyl/N-ethyl adjacent to an activating group) is 1. The fourth-order valence-electron chi connectivity index (χ4n) is 1.79. The summed E-state index contributed by atoms with van der Waals surface area (Å²) < 4.78 is 4.86. The van der Waals surface area contributed by atoms with Gasteiger partial charge < -0.3 is 14.7 Å². The van der Waals surface area contributed by atoms with Crippen molar-refractivity contribution < 1.29 is 14.1 Å². The zero-order valence-corrected chi connectivity index (χ0v) is 11.9. The van der Waals surface area contributed by atoms with Gasteiger partial charge in [-0.3, -0.25) is 14.6 Å². The number of carbonyl (C=O) groups is 2. The van der Waals surface area contributed by atoms with Crippen molar-refractivity contribution in [2.24, 2.45) is 0 Å². The van der Waals surface area contributed by atoms with E-state index in [1.165, 1.54) is 4.90 Å². The first kappa shape index (κ1) is 14.7. The minimum Gasteiger partial charge on any atom is -0.360 e. The predicted molar refractivity (Wildman–Crippen MR) is 75.7 cm³/mol. The summed E-state index contributed by atoms with van der Waals surface area (Å²) in [6.07, 6.45) is 3.08. The lowest BCUT2D eigenvalue weighted by atomic mass is 10.2. The third-order valence-electron chi connectivity index (χ3n) is 2.83. The van der Waals surface area contributed by atoms with Crippen molar-refractivity contribution in [2.45, 2.75) is 13.8 Å². The first-order chi connectivity index (χ1) is 10.1. The Hall–Kier alpha value is -2.70. The maximum absolute atomic E-state index is 12.3. The molecule has 0 unspecified atom stereocenters. The van der Waals surface area contributed by atoms with Gasteiger partial charge in [-0.2, -0.15) is 0 Å². The molecule has 0 radical (unpaired) electrons. The molecule has 7 heteroatoms. The SMILES string of the molecule is CCN(CC(=O)Nc1cc(C)on1)C(=O)c1ccncc1. The monoisotopic (exact) mass is 288 g/mol. The normalized spacial score (nSPS) is 10.2. The van der Waals surface area contributed by atoms with Crippen molar-refractivity contribution >= 4 is 17.6 Å². The lowest BCUT2D eigenvalue weighted by molar-refractivity contribution is -0.116. The maximum Gasteiger partial charge on any atom is 0.254 e. The van der Waals surface area contributed by atoms with Gasteiger partial charge in [0.15, 0.2) is 5.82 Å². The van der Waals surface area contributed by atoms with E-state index in [0.29, 0.717) is 23.7 Å². The Morgan fingerprint density at radius 2 is 2.05 bits per heavy atom. The zero-order valence-electron chi connectivity index (χ0n) is 11.9. The predicted octanol–water partition coefficient (Wildman–Crippen LogP) is 1.48. The number of amides is 2. The minimum absolute atomic E-state index is 0.0520. The molecule has 2 rings (SSSR count). The number of pyridine rings is 1. The molecule has 0 bridgehead atoms. The van der Waals surface area contributed by atoms with Gasteiger partial charge >= 0.3 is 0 Å². The van der Waals surface area contributed by atoms with Crippen LogP contribution >= 0.6 is 0 Å². The lowest BCUT2D eigenvalue weighted by Gasteiger charge is -2.19. The molecule has 0 fully saturated rings. The standard InChI is InChI=1S/C14H16N4O3/c1-3-18(14(20)11-4-6-15-7-5-11)9-13(19)16-12-8-10(2)21-17-12/h4-8H,3,9H2,1-2H3,(H,16,17,19). The first-order valence-electron chi connectivity index (χ1n) is 6.52. The highest BCUT2D eigenvalue weighted by Gasteiger charge is 2.17. The topological polar surface area (TPSA) is 88.3 Å². The van der Waals surface area contributed by atoms with Gasteiger partial charge in [-0.05, 0) is 26.0 Å². The van der Waals surface area contributed by atoms with E-state index in [1.54, 1.807) is 37.5 Å². The van der Waals surface area contributed by atoms with Crippen molar-refractivity contribution in [1.82, 2.24) is 15.0 Å². The van der Waals surface area contributed by atoms with E-state index in [-0.39, 0.29) is 18.4 Å². The second-order valence-corrected chi connectivity index (χ2v) is 4.43. The van der Waals surface area contributed by atoms with Crippen LogP contribution in [0.1, 0.15) is 23.0 Å². The molecule has 0 atom stereocenters. The van der Waals surface area contributed by atoms with Crippen LogP contribution in [-0.2, 0) is 4.79 Å². The molecule has 2 aromatic rings. The van der Waals surface area contributed by atoms with Gasteiger partial charge in [0, 0.05) is 30.6 Å². The van der Waals surface area contributed by atoms with Crippen LogP contribution in [0.4, 0.5) is 5.82 Å². The molecule has 21 heavy (non-hydrogen) atoms. The van der Waals surface area contributed by atoms with Crippen molar-refractivity contribution in [2.75, 3.05) is 18.4 Å². The van der Waals surface area contributed by atoms with Gasteiger partial charge in [0.05, 0.1) is 0 Å². The molecule has 0 aromatic carbocycles. The van der Waals surface area contributed by atoms with Crippen molar-refractivity contribution in [3.05, 3.63) is 41.9 Å². The zero-order chi connectivity index (χ0) is 15.2. The fourth-order valence-corrected chi connectivity index (χ4v) is 1.79. The Morgan fingerprint density at radius 3 is 2.62 bits per heavy atom. The average Bonchev–Trinajstić information content (AvgIpc) is 2.90. The summed E-state index contributed by atoms with van der Waals surface area (Å²) >= 11 is 0. The highest BCUT2D eigenvalue weighted by molar-refractivity contribution is 5.98. The molecule has 0 saturated carbocycles. The van der Waals surface area contributed by atoms with Crippen molar-refractivity contribution in [3.63, 3.8) is 0 Å². The lowest BCUT2D eigenvalue weighted by Crippen LogP contribution is -2.37. The smallest absolute Gasteiger partial charge is 0.254 e. The number of hydrogen-bond donors (Lipinski definition) is 1. The molecule has 2 amide bonds. The number of nitrogens with one attached hydrogen (secondary N) is 1. The number of nitrogens with zero attached hydrogens (tertiary/aromatic N) is 3. The summed E-state index contributed by atoms with van der Waals surface area (Å²) in [6.45, 7) is 3.91. The highest BCUT2D eigenvalue weighted by atomic mass is 16.5. The molecule has 0 aliphatic heterocycles. The van der Waals surface area contributed by atoms with Crippen LogP contribution < -0.4 is 5.32 Å². The average molecular weight is 288 g/mol. The van der Waals surface area contributed by atoms with Gasteiger partial charge in [0.1, 0.15) is 12.3 Å². The quantitative estimate of drug-likeness (QED) is 0.900. The summed E-state index contributed by atoms with van der Waals surface area (Å²) in [6, 6.07) is 4.84. The van der Waals surface area contributed by atoms with E-state index < -0.39 is 0 Å². The summed E-state index contributed by atoms with van der Waals surface area (Å²) in [5.74, 6) is 0.398. The van der Waals surface area contributed by atoms with E-state index in [0.717, 1.165) is 0 Å². The molecule has 0 spiro atoms. The maximum atomic E-state index is 12.3. The number of aryl methyl sites for hydroxylation is 1. The third-order valence-corrected chi connectivity index (χ3v) is 2.83. The number of hydrogen-bond acceptors (Lipinski definition) is 5. The molecule has 0 saturated heterocycles. The van der Waals surface area contributed by atoms with Gasteiger partial charge in [-0.15, -0.1) is 0 Å². The Bertz CT molecular complexity index is 624. The highest BCUT2D eigenvalue weighted by Crippen LogP contribution is 2.08. The Balaban J connectivity index is 1.98. The Morgan fingerprint density at radius 1 is 1.33 bits per heavy atom. The van der Waals surface area contributed by atoms with Crippen LogP contribution in [0.15, 0.2) is 35.1 Å². The van der Waals surface area contributed by atoms with E-state index >= 15 is 0 Å². The van der Waals surface area contributed by atoms with Crippen LogP contribution in [-0.4, -0.2) is 39.9 Å². The molecule has 2 heterocycles. The van der Waals surface area contributed by atoms with E-state index in [1.807, 2.05) is 6.92 Å². The third kappa shape index (κ3) is 3.88. The Kier molecular flexibility index (Phi) is 4.65. The van der Waals surface area contributed by atoms with E-state index in [9.17, 15) is 9.59 Å². The molecular formula is C14H16N4O3. The number of aromatic nitrogens is 2.